The highest BCUT2D eigenvalue weighted by atomic mass is 32.2. The summed E-state index contributed by atoms with van der Waals surface area (Å²) in [6.45, 7) is -0.231. The molecule has 0 bridgehead atoms. The fourth-order valence-corrected chi connectivity index (χ4v) is 4.45. The third-order valence-electron chi connectivity index (χ3n) is 4.70. The molecule has 0 saturated carbocycles. The van der Waals surface area contributed by atoms with Gasteiger partial charge in [0.1, 0.15) is 24.7 Å². The molecule has 11 heteroatoms. The van der Waals surface area contributed by atoms with Gasteiger partial charge in [-0.05, 0) is 36.4 Å². The van der Waals surface area contributed by atoms with Crippen LogP contribution in [-0.2, 0) is 14.8 Å². The first-order valence-electron chi connectivity index (χ1n) is 10.2. The van der Waals surface area contributed by atoms with E-state index in [2.05, 4.69) is 5.32 Å². The van der Waals surface area contributed by atoms with Crippen LogP contribution < -0.4 is 19.1 Å². The lowest BCUT2D eigenvalue weighted by Gasteiger charge is -2.24. The molecular weight excluding hydrogens is 462 g/mol. The van der Waals surface area contributed by atoms with Gasteiger partial charge in [-0.15, -0.1) is 0 Å². The van der Waals surface area contributed by atoms with Gasteiger partial charge in [0.2, 0.25) is 5.91 Å². The monoisotopic (exact) mass is 485 g/mol. The zero-order valence-electron chi connectivity index (χ0n) is 18.3. The van der Waals surface area contributed by atoms with Crippen LogP contribution in [0.2, 0.25) is 0 Å². The third-order valence-corrected chi connectivity index (χ3v) is 6.49. The van der Waals surface area contributed by atoms with E-state index in [-0.39, 0.29) is 29.4 Å². The van der Waals surface area contributed by atoms with Crippen LogP contribution in [0.25, 0.3) is 0 Å². The number of rotatable bonds is 11. The molecule has 0 spiro atoms. The predicted molar refractivity (Wildman–Crippen MR) is 126 cm³/mol. The number of carbonyl (C=O) groups is 1. The molecule has 1 N–H and O–H groups in total. The van der Waals surface area contributed by atoms with E-state index in [1.807, 2.05) is 0 Å². The molecule has 0 fully saturated rings. The first-order chi connectivity index (χ1) is 16.3. The van der Waals surface area contributed by atoms with Crippen molar-refractivity contribution in [3.8, 4) is 11.5 Å². The van der Waals surface area contributed by atoms with Gasteiger partial charge in [-0.1, -0.05) is 24.3 Å². The van der Waals surface area contributed by atoms with Gasteiger partial charge < -0.3 is 14.8 Å². The number of carbonyl (C=O) groups excluding carboxylic acids is 1. The number of non-ortho nitro benzene ring substituents is 1. The van der Waals surface area contributed by atoms with Crippen LogP contribution in [0.15, 0.2) is 83.8 Å². The standard InChI is InChI=1S/C23H23N3O7S/c1-32-20-6-5-7-21(16-20)33-15-14-24-23(27)17-25(18-10-12-19(13-11-18)26(28)29)34(30,31)22-8-3-2-4-9-22/h2-13,16H,14-15,17H2,1H3,(H,24,27). The van der Waals surface area contributed by atoms with E-state index < -0.39 is 27.4 Å². The Kier molecular flexibility index (Phi) is 8.04. The number of nitrogens with zero attached hydrogens (tertiary/aromatic N) is 2. The first-order valence-corrected chi connectivity index (χ1v) is 11.6. The van der Waals surface area contributed by atoms with Gasteiger partial charge in [0, 0.05) is 18.2 Å². The average Bonchev–Trinajstić information content (AvgIpc) is 2.86. The molecule has 1 amide bonds. The summed E-state index contributed by atoms with van der Waals surface area (Å²) in [5, 5.41) is 13.6. The second kappa shape index (κ2) is 11.1. The second-order valence-electron chi connectivity index (χ2n) is 6.98. The minimum Gasteiger partial charge on any atom is -0.497 e. The lowest BCUT2D eigenvalue weighted by molar-refractivity contribution is -0.384. The van der Waals surface area contributed by atoms with E-state index in [9.17, 15) is 23.3 Å². The maximum atomic E-state index is 13.2. The Morgan fingerprint density at radius 1 is 1.00 bits per heavy atom. The van der Waals surface area contributed by atoms with E-state index in [1.54, 1.807) is 49.6 Å². The van der Waals surface area contributed by atoms with Gasteiger partial charge in [-0.2, -0.15) is 0 Å². The van der Waals surface area contributed by atoms with Crippen LogP contribution in [0.3, 0.4) is 0 Å². The van der Waals surface area contributed by atoms with Crippen molar-refractivity contribution in [3.63, 3.8) is 0 Å². The lowest BCUT2D eigenvalue weighted by Crippen LogP contribution is -2.41. The molecule has 0 aromatic heterocycles. The number of anilines is 1. The molecule has 0 aliphatic rings. The first kappa shape index (κ1) is 24.5. The topological polar surface area (TPSA) is 128 Å². The summed E-state index contributed by atoms with van der Waals surface area (Å²) in [5.74, 6) is 0.631. The van der Waals surface area contributed by atoms with Crippen LogP contribution >= 0.6 is 0 Å². The summed E-state index contributed by atoms with van der Waals surface area (Å²) >= 11 is 0. The third kappa shape index (κ3) is 6.23. The maximum Gasteiger partial charge on any atom is 0.269 e. The predicted octanol–water partition coefficient (Wildman–Crippen LogP) is 2.99. The number of nitrogens with one attached hydrogen (secondary N) is 1. The summed E-state index contributed by atoms with van der Waals surface area (Å²) in [6, 6.07) is 19.6. The number of ether oxygens (including phenoxy) is 2. The Labute approximate surface area is 196 Å². The van der Waals surface area contributed by atoms with Crippen molar-refractivity contribution in [2.45, 2.75) is 4.90 Å². The molecule has 178 valence electrons. The van der Waals surface area contributed by atoms with E-state index in [0.29, 0.717) is 11.5 Å². The minimum atomic E-state index is -4.11. The molecule has 0 aliphatic carbocycles. The Balaban J connectivity index is 1.70. The van der Waals surface area contributed by atoms with E-state index >= 15 is 0 Å². The highest BCUT2D eigenvalue weighted by Gasteiger charge is 2.27. The Morgan fingerprint density at radius 2 is 1.68 bits per heavy atom. The van der Waals surface area contributed by atoms with E-state index in [0.717, 1.165) is 4.31 Å². The van der Waals surface area contributed by atoms with Gasteiger partial charge in [0.05, 0.1) is 29.2 Å². The quantitative estimate of drug-likeness (QED) is 0.251. The number of benzene rings is 3. The van der Waals surface area contributed by atoms with Gasteiger partial charge >= 0.3 is 0 Å². The average molecular weight is 486 g/mol. The van der Waals surface area contributed by atoms with Gasteiger partial charge in [0.25, 0.3) is 15.7 Å². The van der Waals surface area contributed by atoms with E-state index in [4.69, 9.17) is 9.47 Å². The zero-order chi connectivity index (χ0) is 24.6. The smallest absolute Gasteiger partial charge is 0.269 e. The maximum absolute atomic E-state index is 13.2. The van der Waals surface area contributed by atoms with Gasteiger partial charge in [-0.3, -0.25) is 19.2 Å². The summed E-state index contributed by atoms with van der Waals surface area (Å²) in [4.78, 5) is 22.9. The summed E-state index contributed by atoms with van der Waals surface area (Å²) < 4.78 is 38.1. The van der Waals surface area contributed by atoms with Crippen molar-refractivity contribution in [1.29, 1.82) is 0 Å². The number of sulfonamides is 1. The molecule has 3 aromatic rings. The fourth-order valence-electron chi connectivity index (χ4n) is 3.01. The number of methoxy groups -OCH3 is 1. The Bertz CT molecular complexity index is 1230. The summed E-state index contributed by atoms with van der Waals surface area (Å²) in [7, 11) is -2.56. The minimum absolute atomic E-state index is 0.0116. The molecule has 0 unspecified atom stereocenters. The van der Waals surface area contributed by atoms with Crippen molar-refractivity contribution in [2.75, 3.05) is 31.1 Å². The highest BCUT2D eigenvalue weighted by molar-refractivity contribution is 7.92. The normalized spacial score (nSPS) is 10.9. The lowest BCUT2D eigenvalue weighted by atomic mass is 10.3. The molecule has 34 heavy (non-hydrogen) atoms. The Morgan fingerprint density at radius 3 is 2.32 bits per heavy atom. The Hall–Kier alpha value is -4.12. The van der Waals surface area contributed by atoms with E-state index in [1.165, 1.54) is 36.4 Å². The molecule has 3 aromatic carbocycles. The van der Waals surface area contributed by atoms with Crippen LogP contribution in [-0.4, -0.2) is 46.1 Å². The SMILES string of the molecule is COc1cccc(OCCNC(=O)CN(c2ccc([N+](=O)[O-])cc2)S(=O)(=O)c2ccccc2)c1. The largest absolute Gasteiger partial charge is 0.497 e. The van der Waals surface area contributed by atoms with Crippen molar-refractivity contribution in [1.82, 2.24) is 5.32 Å². The molecule has 3 rings (SSSR count). The highest BCUT2D eigenvalue weighted by Crippen LogP contribution is 2.25. The van der Waals surface area contributed by atoms with Crippen molar-refractivity contribution >= 4 is 27.3 Å². The van der Waals surface area contributed by atoms with Crippen molar-refractivity contribution in [2.24, 2.45) is 0 Å². The fraction of sp³-hybridized carbons (Fsp3) is 0.174. The molecule has 0 radical (unpaired) electrons. The number of nitro benzene ring substituents is 1. The summed E-state index contributed by atoms with van der Waals surface area (Å²) in [5.41, 5.74) is -0.0721. The molecule has 0 saturated heterocycles. The van der Waals surface area contributed by atoms with Crippen LogP contribution in [0.4, 0.5) is 11.4 Å². The molecule has 0 atom stereocenters. The van der Waals surface area contributed by atoms with Gasteiger partial charge in [-0.25, -0.2) is 8.42 Å². The second-order valence-corrected chi connectivity index (χ2v) is 8.84. The molecule has 0 aliphatic heterocycles. The number of hydrogen-bond donors (Lipinski definition) is 1. The number of amides is 1. The number of nitro groups is 1. The molecule has 0 heterocycles. The zero-order valence-corrected chi connectivity index (χ0v) is 19.1. The van der Waals surface area contributed by atoms with Crippen LogP contribution in [0, 0.1) is 10.1 Å². The molecular formula is C23H23N3O7S. The molecule has 10 nitrogen and oxygen atoms in total. The van der Waals surface area contributed by atoms with Gasteiger partial charge in [0.15, 0.2) is 0 Å². The van der Waals surface area contributed by atoms with Crippen molar-refractivity contribution < 1.29 is 27.6 Å². The summed E-state index contributed by atoms with van der Waals surface area (Å²) in [6.07, 6.45) is 0. The van der Waals surface area contributed by atoms with Crippen LogP contribution in [0.5, 0.6) is 11.5 Å². The van der Waals surface area contributed by atoms with Crippen molar-refractivity contribution in [3.05, 3.63) is 89.0 Å². The number of hydrogen-bond acceptors (Lipinski definition) is 7. The van der Waals surface area contributed by atoms with Crippen LogP contribution in [0.1, 0.15) is 0 Å².